The molecule has 0 aromatic heterocycles. The number of hydrogen-bond acceptors (Lipinski definition) is 3. The second-order valence-corrected chi connectivity index (χ2v) is 5.61. The summed E-state index contributed by atoms with van der Waals surface area (Å²) < 4.78 is 0. The van der Waals surface area contributed by atoms with Crippen LogP contribution in [0.2, 0.25) is 0 Å². The summed E-state index contributed by atoms with van der Waals surface area (Å²) in [5.74, 6) is -0.444. The molecule has 23 heavy (non-hydrogen) atoms. The van der Waals surface area contributed by atoms with Crippen LogP contribution < -0.4 is 0 Å². The Morgan fingerprint density at radius 3 is 2.22 bits per heavy atom. The Morgan fingerprint density at radius 1 is 0.826 bits per heavy atom. The van der Waals surface area contributed by atoms with Gasteiger partial charge in [0, 0.05) is 29.5 Å². The van der Waals surface area contributed by atoms with E-state index in [2.05, 4.69) is 0 Å². The van der Waals surface area contributed by atoms with Crippen molar-refractivity contribution in [2.75, 3.05) is 0 Å². The topological polar surface area (TPSA) is 51.2 Å². The predicted molar refractivity (Wildman–Crippen MR) is 87.6 cm³/mol. The van der Waals surface area contributed by atoms with Crippen LogP contribution in [0.3, 0.4) is 0 Å². The van der Waals surface area contributed by atoms with Gasteiger partial charge in [0.25, 0.3) is 0 Å². The van der Waals surface area contributed by atoms with Gasteiger partial charge in [-0.15, -0.1) is 0 Å². The third-order valence-corrected chi connectivity index (χ3v) is 3.96. The lowest BCUT2D eigenvalue weighted by Gasteiger charge is -2.14. The van der Waals surface area contributed by atoms with E-state index in [1.165, 1.54) is 6.08 Å². The van der Waals surface area contributed by atoms with Gasteiger partial charge in [-0.3, -0.25) is 14.4 Å². The summed E-state index contributed by atoms with van der Waals surface area (Å²) in [6.07, 6.45) is 2.34. The molecular weight excluding hydrogens is 288 g/mol. The van der Waals surface area contributed by atoms with E-state index in [-0.39, 0.29) is 23.8 Å². The van der Waals surface area contributed by atoms with Gasteiger partial charge in [0.2, 0.25) is 0 Å². The Morgan fingerprint density at radius 2 is 1.48 bits per heavy atom. The smallest absolute Gasteiger partial charge is 0.190 e. The molecule has 0 spiro atoms. The van der Waals surface area contributed by atoms with Gasteiger partial charge in [-0.05, 0) is 18.1 Å². The zero-order chi connectivity index (χ0) is 16.2. The summed E-state index contributed by atoms with van der Waals surface area (Å²) in [5.41, 5.74) is 2.20. The Labute approximate surface area is 134 Å². The molecule has 0 amide bonds. The monoisotopic (exact) mass is 304 g/mol. The first-order chi connectivity index (χ1) is 11.1. The molecule has 1 aliphatic carbocycles. The van der Waals surface area contributed by atoms with Gasteiger partial charge in [0.15, 0.2) is 11.6 Å². The minimum atomic E-state index is -0.215. The average Bonchev–Trinajstić information content (AvgIpc) is 2.59. The lowest BCUT2D eigenvalue weighted by atomic mass is 9.87. The highest BCUT2D eigenvalue weighted by atomic mass is 16.1. The van der Waals surface area contributed by atoms with E-state index >= 15 is 0 Å². The molecule has 0 atom stereocenters. The van der Waals surface area contributed by atoms with Crippen molar-refractivity contribution >= 4 is 17.3 Å². The normalized spacial score (nSPS) is 13.5. The minimum Gasteiger partial charge on any atom is -0.299 e. The van der Waals surface area contributed by atoms with Crippen LogP contribution in [0.5, 0.6) is 0 Å². The molecule has 0 saturated heterocycles. The number of carbonyl (C=O) groups excluding carboxylic acids is 3. The lowest BCUT2D eigenvalue weighted by molar-refractivity contribution is -0.118. The van der Waals surface area contributed by atoms with Gasteiger partial charge < -0.3 is 0 Å². The zero-order valence-electron chi connectivity index (χ0n) is 12.6. The summed E-state index contributed by atoms with van der Waals surface area (Å²) in [4.78, 5) is 36.6. The van der Waals surface area contributed by atoms with E-state index in [0.29, 0.717) is 29.5 Å². The zero-order valence-corrected chi connectivity index (χ0v) is 12.6. The fourth-order valence-corrected chi connectivity index (χ4v) is 2.73. The van der Waals surface area contributed by atoms with Gasteiger partial charge in [-0.2, -0.15) is 0 Å². The minimum absolute atomic E-state index is 0.0196. The highest BCUT2D eigenvalue weighted by molar-refractivity contribution is 6.25. The fraction of sp³-hybridized carbons (Fsp3) is 0.150. The number of carbonyl (C=O) groups is 3. The van der Waals surface area contributed by atoms with E-state index in [4.69, 9.17) is 0 Å². The van der Waals surface area contributed by atoms with Crippen LogP contribution in [-0.2, 0) is 11.2 Å². The summed E-state index contributed by atoms with van der Waals surface area (Å²) in [5, 5.41) is 0. The molecule has 0 fully saturated rings. The van der Waals surface area contributed by atoms with Crippen molar-refractivity contribution in [3.05, 3.63) is 82.9 Å². The molecule has 0 radical (unpaired) electrons. The Bertz CT molecular complexity index is 801. The molecule has 0 bridgehead atoms. The molecule has 2 aromatic rings. The molecule has 2 aromatic carbocycles. The maximum Gasteiger partial charge on any atom is 0.190 e. The third-order valence-electron chi connectivity index (χ3n) is 3.96. The molecule has 1 aliphatic rings. The third kappa shape index (κ3) is 3.34. The van der Waals surface area contributed by atoms with Crippen molar-refractivity contribution in [1.82, 2.24) is 0 Å². The molecule has 3 heteroatoms. The van der Waals surface area contributed by atoms with E-state index in [1.807, 2.05) is 30.3 Å². The quantitative estimate of drug-likeness (QED) is 0.848. The number of rotatable bonds is 5. The summed E-state index contributed by atoms with van der Waals surface area (Å²) in [6, 6.07) is 16.5. The van der Waals surface area contributed by atoms with Crippen LogP contribution in [0.25, 0.3) is 0 Å². The summed E-state index contributed by atoms with van der Waals surface area (Å²) in [6.45, 7) is 0. The molecule has 0 aliphatic heterocycles. The van der Waals surface area contributed by atoms with Gasteiger partial charge in [0.05, 0.1) is 0 Å². The highest BCUT2D eigenvalue weighted by Crippen LogP contribution is 2.23. The van der Waals surface area contributed by atoms with Crippen LogP contribution in [0, 0.1) is 0 Å². The maximum absolute atomic E-state index is 12.4. The molecule has 114 valence electrons. The maximum atomic E-state index is 12.4. The molecule has 0 N–H and O–H groups in total. The number of fused-ring (bicyclic) bond motifs is 1. The summed E-state index contributed by atoms with van der Waals surface area (Å²) >= 11 is 0. The first-order valence-electron chi connectivity index (χ1n) is 7.59. The van der Waals surface area contributed by atoms with Crippen molar-refractivity contribution < 1.29 is 14.4 Å². The number of ketones is 3. The van der Waals surface area contributed by atoms with Gasteiger partial charge in [0.1, 0.15) is 5.78 Å². The fourth-order valence-electron chi connectivity index (χ4n) is 2.73. The van der Waals surface area contributed by atoms with Crippen molar-refractivity contribution in [2.45, 2.75) is 19.3 Å². The van der Waals surface area contributed by atoms with Crippen molar-refractivity contribution in [3.63, 3.8) is 0 Å². The van der Waals surface area contributed by atoms with Crippen LogP contribution in [0.1, 0.15) is 39.1 Å². The first-order valence-corrected chi connectivity index (χ1v) is 7.59. The van der Waals surface area contributed by atoms with Crippen LogP contribution in [0.15, 0.2) is 66.2 Å². The van der Waals surface area contributed by atoms with Crippen LogP contribution in [-0.4, -0.2) is 17.3 Å². The molecule has 0 unspecified atom stereocenters. The Kier molecular flexibility index (Phi) is 4.29. The SMILES string of the molecule is O=C(CCc1ccccc1)CC1=CC(=O)c2ccccc2C1=O. The van der Waals surface area contributed by atoms with Gasteiger partial charge in [-0.25, -0.2) is 0 Å². The molecule has 3 rings (SSSR count). The second kappa shape index (κ2) is 6.53. The highest BCUT2D eigenvalue weighted by Gasteiger charge is 2.26. The van der Waals surface area contributed by atoms with Crippen LogP contribution >= 0.6 is 0 Å². The summed E-state index contributed by atoms with van der Waals surface area (Å²) in [7, 11) is 0. The van der Waals surface area contributed by atoms with Crippen molar-refractivity contribution in [2.24, 2.45) is 0 Å². The Balaban J connectivity index is 1.67. The van der Waals surface area contributed by atoms with E-state index in [0.717, 1.165) is 5.56 Å². The molecule has 0 heterocycles. The van der Waals surface area contributed by atoms with E-state index < -0.39 is 0 Å². The number of Topliss-reactive ketones (excluding diaryl/α,β-unsaturated/α-hetero) is 2. The van der Waals surface area contributed by atoms with Gasteiger partial charge in [-0.1, -0.05) is 54.6 Å². The standard InChI is InChI=1S/C20H16O3/c21-16(11-10-14-6-2-1-3-7-14)12-15-13-19(22)17-8-4-5-9-18(17)20(15)23/h1-9,13H,10-12H2. The largest absolute Gasteiger partial charge is 0.299 e. The van der Waals surface area contributed by atoms with Crippen molar-refractivity contribution in [1.29, 1.82) is 0 Å². The molecule has 3 nitrogen and oxygen atoms in total. The lowest BCUT2D eigenvalue weighted by Crippen LogP contribution is -2.19. The molecular formula is C20H16O3. The van der Waals surface area contributed by atoms with Crippen molar-refractivity contribution in [3.8, 4) is 0 Å². The van der Waals surface area contributed by atoms with Gasteiger partial charge >= 0.3 is 0 Å². The molecule has 0 saturated carbocycles. The Hall–Kier alpha value is -2.81. The second-order valence-electron chi connectivity index (χ2n) is 5.61. The number of allylic oxidation sites excluding steroid dienone is 2. The predicted octanol–water partition coefficient (Wildman–Crippen LogP) is 3.58. The van der Waals surface area contributed by atoms with E-state index in [9.17, 15) is 14.4 Å². The van der Waals surface area contributed by atoms with E-state index in [1.54, 1.807) is 24.3 Å². The van der Waals surface area contributed by atoms with Crippen LogP contribution in [0.4, 0.5) is 0 Å². The number of hydrogen-bond donors (Lipinski definition) is 0. The number of benzene rings is 2. The first kappa shape index (κ1) is 15.1. The average molecular weight is 304 g/mol. The number of aryl methyl sites for hydroxylation is 1.